The molecule has 0 radical (unpaired) electrons. The van der Waals surface area contributed by atoms with Gasteiger partial charge in [-0.05, 0) is 35.2 Å². The molecule has 0 saturated carbocycles. The summed E-state index contributed by atoms with van der Waals surface area (Å²) in [6.07, 6.45) is 3.40. The third kappa shape index (κ3) is 5.00. The molecule has 0 unspecified atom stereocenters. The summed E-state index contributed by atoms with van der Waals surface area (Å²) in [4.78, 5) is 26.7. The zero-order valence-corrected chi connectivity index (χ0v) is 17.9. The fourth-order valence-electron chi connectivity index (χ4n) is 4.57. The van der Waals surface area contributed by atoms with Gasteiger partial charge in [0.25, 0.3) is 5.91 Å². The van der Waals surface area contributed by atoms with Crippen molar-refractivity contribution in [3.8, 4) is 12.3 Å². The van der Waals surface area contributed by atoms with Crippen molar-refractivity contribution in [1.82, 2.24) is 10.2 Å². The lowest BCUT2D eigenvalue weighted by Crippen LogP contribution is -2.56. The average molecular weight is 452 g/mol. The standard InChI is InChI=1S/C25H25FN2O5/c1-2-13-32-22-15-33-21(14-20(22)27-25(30)31)24(29)28-12-11-16-5-3-4-6-19(16)23(28)17-7-9-18(26)10-8-17/h1,3-10,20-23,27H,11-15H2,(H,30,31)/t20-,21+,22-,23-/m0/s1. The lowest BCUT2D eigenvalue weighted by Gasteiger charge is -2.42. The molecule has 7 nitrogen and oxygen atoms in total. The van der Waals surface area contributed by atoms with Crippen LogP contribution in [-0.2, 0) is 20.7 Å². The second-order valence-electron chi connectivity index (χ2n) is 8.10. The third-order valence-electron chi connectivity index (χ3n) is 6.10. The van der Waals surface area contributed by atoms with E-state index >= 15 is 0 Å². The van der Waals surface area contributed by atoms with Crippen molar-refractivity contribution < 1.29 is 28.6 Å². The molecule has 2 aliphatic heterocycles. The van der Waals surface area contributed by atoms with Crippen LogP contribution in [0.2, 0.25) is 0 Å². The molecule has 4 rings (SSSR count). The molecule has 2 amide bonds. The number of ether oxygens (including phenoxy) is 2. The first-order valence-corrected chi connectivity index (χ1v) is 10.8. The number of carbonyl (C=O) groups is 2. The van der Waals surface area contributed by atoms with Gasteiger partial charge in [-0.15, -0.1) is 6.42 Å². The molecule has 172 valence electrons. The Labute approximate surface area is 191 Å². The predicted octanol–water partition coefficient (Wildman–Crippen LogP) is 2.74. The highest BCUT2D eigenvalue weighted by Gasteiger charge is 2.41. The van der Waals surface area contributed by atoms with E-state index in [4.69, 9.17) is 15.9 Å². The van der Waals surface area contributed by atoms with Crippen LogP contribution < -0.4 is 5.32 Å². The summed E-state index contributed by atoms with van der Waals surface area (Å²) in [6.45, 7) is 0.514. The highest BCUT2D eigenvalue weighted by Crippen LogP contribution is 2.36. The molecular weight excluding hydrogens is 427 g/mol. The molecular formula is C25H25FN2O5. The quantitative estimate of drug-likeness (QED) is 0.682. The number of rotatable bonds is 5. The van der Waals surface area contributed by atoms with E-state index in [1.54, 1.807) is 17.0 Å². The fraction of sp³-hybridized carbons (Fsp3) is 0.360. The Morgan fingerprint density at radius 3 is 2.73 bits per heavy atom. The first-order valence-electron chi connectivity index (χ1n) is 10.8. The summed E-state index contributed by atoms with van der Waals surface area (Å²) in [6, 6.07) is 13.0. The number of hydrogen-bond acceptors (Lipinski definition) is 4. The molecule has 2 aliphatic rings. The van der Waals surface area contributed by atoms with Crippen LogP contribution >= 0.6 is 0 Å². The fourth-order valence-corrected chi connectivity index (χ4v) is 4.57. The number of amides is 2. The molecule has 2 aromatic rings. The van der Waals surface area contributed by atoms with E-state index in [0.29, 0.717) is 13.0 Å². The minimum absolute atomic E-state index is 0.0139. The van der Waals surface area contributed by atoms with Crippen LogP contribution in [0.5, 0.6) is 0 Å². The van der Waals surface area contributed by atoms with Crippen molar-refractivity contribution in [1.29, 1.82) is 0 Å². The Morgan fingerprint density at radius 1 is 1.24 bits per heavy atom. The van der Waals surface area contributed by atoms with Gasteiger partial charge in [-0.1, -0.05) is 42.3 Å². The largest absolute Gasteiger partial charge is 0.465 e. The highest BCUT2D eigenvalue weighted by molar-refractivity contribution is 5.82. The first-order chi connectivity index (χ1) is 16.0. The van der Waals surface area contributed by atoms with Crippen molar-refractivity contribution in [2.24, 2.45) is 0 Å². The van der Waals surface area contributed by atoms with Crippen molar-refractivity contribution in [3.63, 3.8) is 0 Å². The molecule has 2 N–H and O–H groups in total. The van der Waals surface area contributed by atoms with Crippen LogP contribution in [0.15, 0.2) is 48.5 Å². The SMILES string of the molecule is C#CCO[C@H]1CO[C@@H](C(=O)N2CCc3ccccc3[C@@H]2c2ccc(F)cc2)C[C@@H]1NC(=O)O. The maximum Gasteiger partial charge on any atom is 0.404 e. The second kappa shape index (κ2) is 10.0. The normalized spacial score (nSPS) is 24.4. The van der Waals surface area contributed by atoms with Gasteiger partial charge >= 0.3 is 6.09 Å². The van der Waals surface area contributed by atoms with E-state index < -0.39 is 30.4 Å². The average Bonchev–Trinajstić information content (AvgIpc) is 2.82. The van der Waals surface area contributed by atoms with E-state index in [1.807, 2.05) is 24.3 Å². The molecule has 33 heavy (non-hydrogen) atoms. The number of nitrogens with zero attached hydrogens (tertiary/aromatic N) is 1. The van der Waals surface area contributed by atoms with Gasteiger partial charge in [0.1, 0.15) is 24.6 Å². The second-order valence-corrected chi connectivity index (χ2v) is 8.10. The van der Waals surface area contributed by atoms with Gasteiger partial charge in [0, 0.05) is 13.0 Å². The topological polar surface area (TPSA) is 88.1 Å². The molecule has 4 atom stereocenters. The van der Waals surface area contributed by atoms with Crippen LogP contribution in [-0.4, -0.2) is 60.0 Å². The molecule has 1 saturated heterocycles. The molecule has 1 fully saturated rings. The number of hydrogen-bond donors (Lipinski definition) is 2. The molecule has 0 aliphatic carbocycles. The molecule has 2 aromatic carbocycles. The minimum Gasteiger partial charge on any atom is -0.465 e. The number of halogens is 1. The van der Waals surface area contributed by atoms with Gasteiger partial charge in [-0.3, -0.25) is 4.79 Å². The van der Waals surface area contributed by atoms with Gasteiger partial charge in [0.2, 0.25) is 0 Å². The van der Waals surface area contributed by atoms with E-state index in [2.05, 4.69) is 11.2 Å². The monoisotopic (exact) mass is 452 g/mol. The van der Waals surface area contributed by atoms with Gasteiger partial charge < -0.3 is 24.8 Å². The van der Waals surface area contributed by atoms with Crippen LogP contribution in [0.4, 0.5) is 9.18 Å². The molecule has 8 heteroatoms. The smallest absolute Gasteiger partial charge is 0.404 e. The van der Waals surface area contributed by atoms with E-state index in [9.17, 15) is 19.1 Å². The number of terminal acetylenes is 1. The van der Waals surface area contributed by atoms with Crippen molar-refractivity contribution in [3.05, 3.63) is 71.0 Å². The maximum absolute atomic E-state index is 13.6. The maximum atomic E-state index is 13.6. The van der Waals surface area contributed by atoms with E-state index in [-0.39, 0.29) is 31.4 Å². The van der Waals surface area contributed by atoms with E-state index in [1.165, 1.54) is 12.1 Å². The summed E-state index contributed by atoms with van der Waals surface area (Å²) in [5.41, 5.74) is 2.91. The van der Waals surface area contributed by atoms with Crippen molar-refractivity contribution in [2.75, 3.05) is 19.8 Å². The first kappa shape index (κ1) is 22.8. The van der Waals surface area contributed by atoms with Gasteiger partial charge in [-0.2, -0.15) is 0 Å². The number of benzene rings is 2. The van der Waals surface area contributed by atoms with Crippen LogP contribution in [0.3, 0.4) is 0 Å². The molecule has 0 aromatic heterocycles. The Hall–Kier alpha value is -3.41. The van der Waals surface area contributed by atoms with Crippen molar-refractivity contribution in [2.45, 2.75) is 37.1 Å². The summed E-state index contributed by atoms with van der Waals surface area (Å²) in [5.74, 6) is 1.76. The highest BCUT2D eigenvalue weighted by atomic mass is 19.1. The Balaban J connectivity index is 1.60. The van der Waals surface area contributed by atoms with Crippen LogP contribution in [0.1, 0.15) is 29.2 Å². The third-order valence-corrected chi connectivity index (χ3v) is 6.10. The minimum atomic E-state index is -1.21. The summed E-state index contributed by atoms with van der Waals surface area (Å²) in [5, 5.41) is 11.7. The Morgan fingerprint density at radius 2 is 2.00 bits per heavy atom. The number of nitrogens with one attached hydrogen (secondary N) is 1. The Kier molecular flexibility index (Phi) is 6.92. The number of fused-ring (bicyclic) bond motifs is 1. The molecule has 2 heterocycles. The van der Waals surface area contributed by atoms with Crippen LogP contribution in [0.25, 0.3) is 0 Å². The lowest BCUT2D eigenvalue weighted by atomic mass is 9.87. The lowest BCUT2D eigenvalue weighted by molar-refractivity contribution is -0.158. The van der Waals surface area contributed by atoms with Gasteiger partial charge in [0.15, 0.2) is 0 Å². The summed E-state index contributed by atoms with van der Waals surface area (Å²) in [7, 11) is 0. The zero-order chi connectivity index (χ0) is 23.4. The Bertz CT molecular complexity index is 1050. The molecule has 0 spiro atoms. The summed E-state index contributed by atoms with van der Waals surface area (Å²) >= 11 is 0. The number of carbonyl (C=O) groups excluding carboxylic acids is 1. The zero-order valence-electron chi connectivity index (χ0n) is 17.9. The summed E-state index contributed by atoms with van der Waals surface area (Å²) < 4.78 is 24.9. The predicted molar refractivity (Wildman–Crippen MR) is 118 cm³/mol. The number of carboxylic acid groups (broad SMARTS) is 1. The molecule has 0 bridgehead atoms. The van der Waals surface area contributed by atoms with E-state index in [0.717, 1.165) is 16.7 Å². The van der Waals surface area contributed by atoms with Crippen molar-refractivity contribution >= 4 is 12.0 Å². The van der Waals surface area contributed by atoms with Gasteiger partial charge in [0.05, 0.1) is 18.7 Å². The van der Waals surface area contributed by atoms with Crippen LogP contribution in [0, 0.1) is 18.2 Å². The van der Waals surface area contributed by atoms with Gasteiger partial charge in [-0.25, -0.2) is 9.18 Å².